The number of aliphatic imine (C=N–C) groups is 1. The fourth-order valence-corrected chi connectivity index (χ4v) is 3.24. The molecule has 1 aliphatic rings. The van der Waals surface area contributed by atoms with Crippen LogP contribution in [0.25, 0.3) is 0 Å². The van der Waals surface area contributed by atoms with Crippen LogP contribution in [0.15, 0.2) is 52.1 Å². The Balaban J connectivity index is 1.31. The molecule has 1 aromatic carbocycles. The van der Waals surface area contributed by atoms with E-state index in [4.69, 9.17) is 18.6 Å². The fraction of sp³-hybridized carbons (Fsp3) is 0.522. The molecular weight excluding hydrogens is 382 g/mol. The quantitative estimate of drug-likeness (QED) is 0.333. The summed E-state index contributed by atoms with van der Waals surface area (Å²) in [5, 5.41) is 6.67. The maximum Gasteiger partial charge on any atom is 0.191 e. The van der Waals surface area contributed by atoms with Crippen molar-refractivity contribution in [1.82, 2.24) is 10.6 Å². The van der Waals surface area contributed by atoms with E-state index >= 15 is 0 Å². The van der Waals surface area contributed by atoms with Gasteiger partial charge in [-0.1, -0.05) is 24.3 Å². The molecular formula is C23H33N3O4. The Bertz CT molecular complexity index is 743. The SMILES string of the molecule is CN=C(NCCCOCc1ccco1)NCc1cccc(COC2CCOCC2)c1. The summed E-state index contributed by atoms with van der Waals surface area (Å²) in [7, 11) is 1.78. The van der Waals surface area contributed by atoms with E-state index in [0.29, 0.717) is 32.5 Å². The molecule has 1 saturated heterocycles. The van der Waals surface area contributed by atoms with Crippen LogP contribution in [-0.2, 0) is 34.0 Å². The first-order valence-corrected chi connectivity index (χ1v) is 10.7. The Morgan fingerprint density at radius 2 is 1.97 bits per heavy atom. The lowest BCUT2D eigenvalue weighted by molar-refractivity contribution is -0.0390. The monoisotopic (exact) mass is 415 g/mol. The molecule has 1 aliphatic heterocycles. The first-order valence-electron chi connectivity index (χ1n) is 10.7. The maximum atomic E-state index is 6.03. The molecule has 0 aliphatic carbocycles. The van der Waals surface area contributed by atoms with Crippen LogP contribution in [0.4, 0.5) is 0 Å². The van der Waals surface area contributed by atoms with Crippen LogP contribution >= 0.6 is 0 Å². The number of hydrogen-bond donors (Lipinski definition) is 2. The van der Waals surface area contributed by atoms with Crippen molar-refractivity contribution in [3.05, 3.63) is 59.5 Å². The number of rotatable bonds is 11. The van der Waals surface area contributed by atoms with Gasteiger partial charge in [-0.2, -0.15) is 0 Å². The molecule has 0 unspecified atom stereocenters. The highest BCUT2D eigenvalue weighted by atomic mass is 16.5. The van der Waals surface area contributed by atoms with Gasteiger partial charge in [0.2, 0.25) is 0 Å². The van der Waals surface area contributed by atoms with Crippen LogP contribution in [0, 0.1) is 0 Å². The largest absolute Gasteiger partial charge is 0.467 e. The van der Waals surface area contributed by atoms with E-state index in [9.17, 15) is 0 Å². The molecule has 7 heteroatoms. The zero-order valence-corrected chi connectivity index (χ0v) is 17.8. The van der Waals surface area contributed by atoms with Crippen molar-refractivity contribution >= 4 is 5.96 Å². The molecule has 0 spiro atoms. The van der Waals surface area contributed by atoms with Gasteiger partial charge in [-0.25, -0.2) is 0 Å². The van der Waals surface area contributed by atoms with Gasteiger partial charge in [-0.15, -0.1) is 0 Å². The molecule has 3 rings (SSSR count). The molecule has 7 nitrogen and oxygen atoms in total. The van der Waals surface area contributed by atoms with Gasteiger partial charge >= 0.3 is 0 Å². The van der Waals surface area contributed by atoms with Crippen LogP contribution < -0.4 is 10.6 Å². The van der Waals surface area contributed by atoms with Gasteiger partial charge in [0, 0.05) is 40.0 Å². The molecule has 0 atom stereocenters. The predicted octanol–water partition coefficient (Wildman–Crippen LogP) is 3.25. The first kappa shape index (κ1) is 22.3. The second kappa shape index (κ2) is 13.1. The van der Waals surface area contributed by atoms with E-state index in [1.165, 1.54) is 11.1 Å². The topological polar surface area (TPSA) is 77.3 Å². The van der Waals surface area contributed by atoms with Crippen molar-refractivity contribution in [3.63, 3.8) is 0 Å². The van der Waals surface area contributed by atoms with Crippen molar-refractivity contribution < 1.29 is 18.6 Å². The highest BCUT2D eigenvalue weighted by Gasteiger charge is 2.14. The van der Waals surface area contributed by atoms with Crippen molar-refractivity contribution in [2.75, 3.05) is 33.4 Å². The smallest absolute Gasteiger partial charge is 0.191 e. The molecule has 1 fully saturated rings. The molecule has 2 N–H and O–H groups in total. The highest BCUT2D eigenvalue weighted by Crippen LogP contribution is 2.14. The minimum Gasteiger partial charge on any atom is -0.467 e. The number of guanidine groups is 1. The van der Waals surface area contributed by atoms with Gasteiger partial charge in [-0.05, 0) is 42.5 Å². The van der Waals surface area contributed by atoms with Gasteiger partial charge < -0.3 is 29.3 Å². The van der Waals surface area contributed by atoms with Gasteiger partial charge in [0.1, 0.15) is 12.4 Å². The number of nitrogens with one attached hydrogen (secondary N) is 2. The first-order chi connectivity index (χ1) is 14.8. The lowest BCUT2D eigenvalue weighted by atomic mass is 10.1. The lowest BCUT2D eigenvalue weighted by Crippen LogP contribution is -2.37. The van der Waals surface area contributed by atoms with Gasteiger partial charge in [0.15, 0.2) is 5.96 Å². The molecule has 1 aromatic heterocycles. The highest BCUT2D eigenvalue weighted by molar-refractivity contribution is 5.79. The minimum absolute atomic E-state index is 0.312. The average molecular weight is 416 g/mol. The maximum absolute atomic E-state index is 6.03. The zero-order valence-electron chi connectivity index (χ0n) is 17.8. The Hall–Kier alpha value is -2.35. The summed E-state index contributed by atoms with van der Waals surface area (Å²) >= 11 is 0. The standard InChI is InChI=1S/C23H33N3O4/c1-24-23(25-10-4-11-28-18-22-7-3-12-29-22)26-16-19-5-2-6-20(15-19)17-30-21-8-13-27-14-9-21/h2-3,5-7,12,15,21H,4,8-11,13-14,16-18H2,1H3,(H2,24,25,26). The Morgan fingerprint density at radius 1 is 1.10 bits per heavy atom. The summed E-state index contributed by atoms with van der Waals surface area (Å²) in [6, 6.07) is 12.3. The molecule has 164 valence electrons. The number of nitrogens with zero attached hydrogens (tertiary/aromatic N) is 1. The zero-order chi connectivity index (χ0) is 20.9. The van der Waals surface area contributed by atoms with Crippen LogP contribution in [0.2, 0.25) is 0 Å². The summed E-state index contributed by atoms with van der Waals surface area (Å²) in [5.74, 6) is 1.63. The molecule has 0 amide bonds. The van der Waals surface area contributed by atoms with Crippen molar-refractivity contribution in [2.45, 2.75) is 45.1 Å². The van der Waals surface area contributed by atoms with Gasteiger partial charge in [-0.3, -0.25) is 4.99 Å². The normalized spacial score (nSPS) is 15.3. The fourth-order valence-electron chi connectivity index (χ4n) is 3.24. The van der Waals surface area contributed by atoms with Gasteiger partial charge in [0.05, 0.1) is 19.0 Å². The van der Waals surface area contributed by atoms with E-state index in [0.717, 1.165) is 50.7 Å². The van der Waals surface area contributed by atoms with Crippen LogP contribution in [-0.4, -0.2) is 45.5 Å². The number of furan rings is 1. The average Bonchev–Trinajstić information content (AvgIpc) is 3.31. The number of ether oxygens (including phenoxy) is 3. The van der Waals surface area contributed by atoms with E-state index < -0.39 is 0 Å². The molecule has 2 heterocycles. The molecule has 0 radical (unpaired) electrons. The number of benzene rings is 1. The van der Waals surface area contributed by atoms with Crippen LogP contribution in [0.5, 0.6) is 0 Å². The Labute approximate surface area is 178 Å². The van der Waals surface area contributed by atoms with E-state index in [-0.39, 0.29) is 0 Å². The van der Waals surface area contributed by atoms with Crippen LogP contribution in [0.1, 0.15) is 36.1 Å². The Kier molecular flexibility index (Phi) is 9.72. The van der Waals surface area contributed by atoms with Crippen molar-refractivity contribution in [2.24, 2.45) is 4.99 Å². The van der Waals surface area contributed by atoms with Gasteiger partial charge in [0.25, 0.3) is 0 Å². The lowest BCUT2D eigenvalue weighted by Gasteiger charge is -2.22. The van der Waals surface area contributed by atoms with E-state index in [1.807, 2.05) is 12.1 Å². The van der Waals surface area contributed by atoms with Crippen LogP contribution in [0.3, 0.4) is 0 Å². The van der Waals surface area contributed by atoms with E-state index in [2.05, 4.69) is 39.9 Å². The number of hydrogen-bond acceptors (Lipinski definition) is 5. The third kappa shape index (κ3) is 8.18. The third-order valence-corrected chi connectivity index (χ3v) is 4.91. The summed E-state index contributed by atoms with van der Waals surface area (Å²) in [4.78, 5) is 4.28. The van der Waals surface area contributed by atoms with Crippen molar-refractivity contribution in [3.8, 4) is 0 Å². The molecule has 2 aromatic rings. The molecule has 0 saturated carbocycles. The third-order valence-electron chi connectivity index (χ3n) is 4.91. The summed E-state index contributed by atoms with van der Waals surface area (Å²) < 4.78 is 22.2. The summed E-state index contributed by atoms with van der Waals surface area (Å²) in [6.07, 6.45) is 4.83. The Morgan fingerprint density at radius 3 is 2.77 bits per heavy atom. The van der Waals surface area contributed by atoms with E-state index in [1.54, 1.807) is 13.3 Å². The second-order valence-electron chi connectivity index (χ2n) is 7.28. The minimum atomic E-state index is 0.312. The van der Waals surface area contributed by atoms with Crippen molar-refractivity contribution in [1.29, 1.82) is 0 Å². The molecule has 30 heavy (non-hydrogen) atoms. The molecule has 0 bridgehead atoms. The summed E-state index contributed by atoms with van der Waals surface area (Å²) in [6.45, 7) is 4.92. The summed E-state index contributed by atoms with van der Waals surface area (Å²) in [5.41, 5.74) is 2.39. The predicted molar refractivity (Wildman–Crippen MR) is 116 cm³/mol. The second-order valence-corrected chi connectivity index (χ2v) is 7.28.